The molecule has 26 heavy (non-hydrogen) atoms. The number of carboxylic acids is 1. The van der Waals surface area contributed by atoms with Crippen LogP contribution in [0.3, 0.4) is 0 Å². The maximum Gasteiger partial charge on any atom is 0.573 e. The second-order valence-corrected chi connectivity index (χ2v) is 6.48. The summed E-state index contributed by atoms with van der Waals surface area (Å²) in [6, 6.07) is 5.00. The van der Waals surface area contributed by atoms with Gasteiger partial charge in [-0.05, 0) is 39.1 Å². The van der Waals surface area contributed by atoms with Crippen LogP contribution in [0.1, 0.15) is 23.2 Å². The Kier molecular flexibility index (Phi) is 6.12. The number of hydrogen-bond donors (Lipinski definition) is 1. The number of carboxylic acid groups (broad SMARTS) is 1. The molecule has 0 spiro atoms. The Labute approximate surface area is 149 Å². The lowest BCUT2D eigenvalue weighted by molar-refractivity contribution is -0.274. The zero-order valence-corrected chi connectivity index (χ0v) is 14.5. The predicted molar refractivity (Wildman–Crippen MR) is 86.9 cm³/mol. The number of aliphatic carboxylic acids is 1. The third kappa shape index (κ3) is 5.10. The number of alkyl halides is 3. The van der Waals surface area contributed by atoms with E-state index in [2.05, 4.69) is 4.74 Å². The van der Waals surface area contributed by atoms with E-state index in [0.29, 0.717) is 12.8 Å². The minimum Gasteiger partial charge on any atom is -0.481 e. The molecule has 0 aromatic heterocycles. The largest absolute Gasteiger partial charge is 0.573 e. The number of likely N-dealkylation sites (tertiary alicyclic amines) is 1. The summed E-state index contributed by atoms with van der Waals surface area (Å²) in [6.07, 6.45) is -3.96. The fourth-order valence-corrected chi connectivity index (χ4v) is 2.99. The van der Waals surface area contributed by atoms with Crippen LogP contribution in [0.5, 0.6) is 5.75 Å². The molecule has 1 fully saturated rings. The molecule has 2 rings (SSSR count). The Morgan fingerprint density at radius 1 is 1.19 bits per heavy atom. The summed E-state index contributed by atoms with van der Waals surface area (Å²) < 4.78 is 41.7. The van der Waals surface area contributed by atoms with Gasteiger partial charge in [-0.15, -0.1) is 13.2 Å². The van der Waals surface area contributed by atoms with Gasteiger partial charge in [0.25, 0.3) is 5.91 Å². The number of carbonyl (C=O) groups is 2. The lowest BCUT2D eigenvalue weighted by Crippen LogP contribution is -2.43. The van der Waals surface area contributed by atoms with Gasteiger partial charge in [0.05, 0.1) is 11.5 Å². The van der Waals surface area contributed by atoms with E-state index in [1.54, 1.807) is 0 Å². The molecule has 1 N–H and O–H groups in total. The van der Waals surface area contributed by atoms with Gasteiger partial charge in [0.2, 0.25) is 0 Å². The predicted octanol–water partition coefficient (Wildman–Crippen LogP) is 2.45. The molecule has 0 unspecified atom stereocenters. The normalized spacial score (nSPS) is 21.4. The van der Waals surface area contributed by atoms with Crippen LogP contribution in [0.25, 0.3) is 0 Å². The Balaban J connectivity index is 2.32. The average molecular weight is 374 g/mol. The number of likely N-dealkylation sites (N-methyl/N-ethyl adjacent to an activating group) is 1. The van der Waals surface area contributed by atoms with Crippen LogP contribution in [-0.4, -0.2) is 66.4 Å². The molecular weight excluding hydrogens is 353 g/mol. The van der Waals surface area contributed by atoms with Crippen molar-refractivity contribution in [2.75, 3.05) is 27.2 Å². The molecule has 0 bridgehead atoms. The highest BCUT2D eigenvalue weighted by Crippen LogP contribution is 2.28. The second kappa shape index (κ2) is 7.94. The fourth-order valence-electron chi connectivity index (χ4n) is 2.99. The van der Waals surface area contributed by atoms with Gasteiger partial charge < -0.3 is 19.6 Å². The lowest BCUT2D eigenvalue weighted by atomic mass is 10.0. The third-order valence-electron chi connectivity index (χ3n) is 4.43. The highest BCUT2D eigenvalue weighted by molar-refractivity contribution is 5.97. The van der Waals surface area contributed by atoms with Gasteiger partial charge in [-0.3, -0.25) is 9.59 Å². The number of rotatable bonds is 4. The second-order valence-electron chi connectivity index (χ2n) is 6.48. The highest BCUT2D eigenvalue weighted by atomic mass is 19.4. The van der Waals surface area contributed by atoms with Gasteiger partial charge >= 0.3 is 12.3 Å². The summed E-state index contributed by atoms with van der Waals surface area (Å²) >= 11 is 0. The van der Waals surface area contributed by atoms with E-state index in [-0.39, 0.29) is 24.7 Å². The molecule has 6 nitrogen and oxygen atoms in total. The van der Waals surface area contributed by atoms with Crippen molar-refractivity contribution in [3.8, 4) is 5.75 Å². The van der Waals surface area contributed by atoms with Crippen LogP contribution >= 0.6 is 0 Å². The van der Waals surface area contributed by atoms with Crippen molar-refractivity contribution in [2.24, 2.45) is 5.92 Å². The van der Waals surface area contributed by atoms with Crippen molar-refractivity contribution in [1.29, 1.82) is 0 Å². The van der Waals surface area contributed by atoms with Crippen LogP contribution in [0, 0.1) is 5.92 Å². The molecule has 1 amide bonds. The maximum absolute atomic E-state index is 12.9. The Morgan fingerprint density at radius 2 is 1.85 bits per heavy atom. The lowest BCUT2D eigenvalue weighted by Gasteiger charge is -2.29. The first-order valence-corrected chi connectivity index (χ1v) is 8.11. The zero-order valence-electron chi connectivity index (χ0n) is 14.5. The molecule has 2 atom stereocenters. The molecular formula is C17H21F3N2O4. The Hall–Kier alpha value is -2.29. The van der Waals surface area contributed by atoms with E-state index in [4.69, 9.17) is 0 Å². The monoisotopic (exact) mass is 374 g/mol. The van der Waals surface area contributed by atoms with Crippen molar-refractivity contribution < 1.29 is 32.6 Å². The molecule has 144 valence electrons. The van der Waals surface area contributed by atoms with E-state index in [1.165, 1.54) is 23.1 Å². The standard InChI is InChI=1S/C17H21F3N2O4/c1-21(2)12-8-7-11(16(24)25)9-22(10-12)15(23)13-5-3-4-6-14(13)26-17(18,19)20/h3-6,11-12H,7-10H2,1-2H3,(H,24,25)/t11-,12+/m0/s1. The number of ether oxygens (including phenoxy) is 1. The summed E-state index contributed by atoms with van der Waals surface area (Å²) in [6.45, 7) is 0.175. The van der Waals surface area contributed by atoms with Crippen molar-refractivity contribution in [1.82, 2.24) is 9.80 Å². The van der Waals surface area contributed by atoms with Crippen LogP contribution in [0.15, 0.2) is 24.3 Å². The van der Waals surface area contributed by atoms with E-state index in [1.807, 2.05) is 19.0 Å². The average Bonchev–Trinajstić information content (AvgIpc) is 2.76. The Bertz CT molecular complexity index is 664. The van der Waals surface area contributed by atoms with E-state index in [0.717, 1.165) is 6.07 Å². The summed E-state index contributed by atoms with van der Waals surface area (Å²) in [5.74, 6) is -3.06. The van der Waals surface area contributed by atoms with E-state index in [9.17, 15) is 27.9 Å². The van der Waals surface area contributed by atoms with Gasteiger partial charge in [-0.1, -0.05) is 12.1 Å². The Morgan fingerprint density at radius 3 is 2.42 bits per heavy atom. The summed E-state index contributed by atoms with van der Waals surface area (Å²) in [4.78, 5) is 27.5. The summed E-state index contributed by atoms with van der Waals surface area (Å²) in [7, 11) is 3.63. The third-order valence-corrected chi connectivity index (χ3v) is 4.43. The quantitative estimate of drug-likeness (QED) is 0.877. The molecule has 1 aliphatic heterocycles. The molecule has 1 aromatic carbocycles. The number of para-hydroxylation sites is 1. The molecule has 0 radical (unpaired) electrons. The van der Waals surface area contributed by atoms with Crippen molar-refractivity contribution in [2.45, 2.75) is 25.2 Å². The van der Waals surface area contributed by atoms with Gasteiger partial charge in [-0.2, -0.15) is 0 Å². The molecule has 1 aliphatic rings. The molecule has 1 heterocycles. The molecule has 9 heteroatoms. The van der Waals surface area contributed by atoms with Gasteiger partial charge in [0.15, 0.2) is 0 Å². The maximum atomic E-state index is 12.9. The first kappa shape index (κ1) is 20.0. The van der Waals surface area contributed by atoms with Crippen molar-refractivity contribution in [3.05, 3.63) is 29.8 Å². The van der Waals surface area contributed by atoms with Crippen molar-refractivity contribution in [3.63, 3.8) is 0 Å². The number of amides is 1. The minimum absolute atomic E-state index is 0.0567. The first-order valence-electron chi connectivity index (χ1n) is 8.11. The number of hydrogen-bond acceptors (Lipinski definition) is 4. The SMILES string of the molecule is CN(C)[C@@H]1CC[C@H](C(=O)O)CN(C(=O)c2ccccc2OC(F)(F)F)C1. The number of halogens is 3. The summed E-state index contributed by atoms with van der Waals surface area (Å²) in [5, 5.41) is 9.34. The number of nitrogens with zero attached hydrogens (tertiary/aromatic N) is 2. The highest BCUT2D eigenvalue weighted by Gasteiger charge is 2.35. The van der Waals surface area contributed by atoms with Gasteiger partial charge in [-0.25, -0.2) is 0 Å². The van der Waals surface area contributed by atoms with Gasteiger partial charge in [0, 0.05) is 19.1 Å². The smallest absolute Gasteiger partial charge is 0.481 e. The number of carbonyl (C=O) groups excluding carboxylic acids is 1. The van der Waals surface area contributed by atoms with Crippen LogP contribution in [0.4, 0.5) is 13.2 Å². The van der Waals surface area contributed by atoms with Crippen LogP contribution in [-0.2, 0) is 4.79 Å². The van der Waals surface area contributed by atoms with Crippen molar-refractivity contribution >= 4 is 11.9 Å². The fraction of sp³-hybridized carbons (Fsp3) is 0.529. The van der Waals surface area contributed by atoms with Crippen LogP contribution in [0.2, 0.25) is 0 Å². The molecule has 0 aliphatic carbocycles. The first-order chi connectivity index (χ1) is 12.1. The molecule has 1 saturated heterocycles. The zero-order chi connectivity index (χ0) is 19.5. The van der Waals surface area contributed by atoms with Crippen LogP contribution < -0.4 is 4.74 Å². The molecule has 1 aromatic rings. The summed E-state index contributed by atoms with van der Waals surface area (Å²) in [5.41, 5.74) is -0.242. The topological polar surface area (TPSA) is 70.1 Å². The van der Waals surface area contributed by atoms with E-state index < -0.39 is 29.9 Å². The minimum atomic E-state index is -4.93. The van der Waals surface area contributed by atoms with E-state index >= 15 is 0 Å². The number of benzene rings is 1. The molecule has 0 saturated carbocycles. The van der Waals surface area contributed by atoms with Gasteiger partial charge in [0.1, 0.15) is 5.75 Å².